The van der Waals surface area contributed by atoms with Crippen LogP contribution in [0.25, 0.3) is 0 Å². The normalized spacial score (nSPS) is 27.1. The minimum Gasteiger partial charge on any atom is -0.508 e. The van der Waals surface area contributed by atoms with E-state index in [1.807, 2.05) is 30.3 Å². The lowest BCUT2D eigenvalue weighted by Gasteiger charge is -2.39. The van der Waals surface area contributed by atoms with Crippen molar-refractivity contribution in [1.29, 1.82) is 0 Å². The Morgan fingerprint density at radius 3 is 2.15 bits per heavy atom. The van der Waals surface area contributed by atoms with E-state index in [0.717, 1.165) is 75.3 Å². The summed E-state index contributed by atoms with van der Waals surface area (Å²) in [6.07, 6.45) is 5.42. The molecule has 9 heteroatoms. The van der Waals surface area contributed by atoms with E-state index in [4.69, 9.17) is 0 Å². The number of hydrogen-bond acceptors (Lipinski definition) is 6. The Morgan fingerprint density at radius 1 is 0.727 bits per heavy atom. The SMILES string of the molecule is O=C1CCC(c2ccc(N3CC[C@]4(CCN(CC5CCN(c6ccc([C@@H]7c8ccc(O)cc8C(F)(F)C[C@@H]7c7ccccc7)cc6)CC5)C4)C3)cc2)C(=O)N1. The summed E-state index contributed by atoms with van der Waals surface area (Å²) >= 11 is 0. The molecule has 9 rings (SSSR count). The van der Waals surface area contributed by atoms with Crippen LogP contribution in [0.15, 0.2) is 97.1 Å². The third-order valence-corrected chi connectivity index (χ3v) is 13.5. The average molecular weight is 745 g/mol. The summed E-state index contributed by atoms with van der Waals surface area (Å²) in [7, 11) is 0. The van der Waals surface area contributed by atoms with Gasteiger partial charge in [-0.3, -0.25) is 14.9 Å². The van der Waals surface area contributed by atoms with Crippen molar-refractivity contribution in [3.8, 4) is 5.75 Å². The van der Waals surface area contributed by atoms with Crippen LogP contribution in [0.4, 0.5) is 20.2 Å². The lowest BCUT2D eigenvalue weighted by Crippen LogP contribution is -2.39. The summed E-state index contributed by atoms with van der Waals surface area (Å²) in [6.45, 7) is 7.60. The highest BCUT2D eigenvalue weighted by molar-refractivity contribution is 6.00. The highest BCUT2D eigenvalue weighted by Gasteiger charge is 2.47. The van der Waals surface area contributed by atoms with E-state index in [1.54, 1.807) is 6.07 Å². The Labute approximate surface area is 322 Å². The number of phenols is 1. The number of aromatic hydroxyl groups is 1. The van der Waals surface area contributed by atoms with Crippen molar-refractivity contribution in [3.63, 3.8) is 0 Å². The number of nitrogens with zero attached hydrogens (tertiary/aromatic N) is 3. The second-order valence-electron chi connectivity index (χ2n) is 16.9. The number of hydrogen-bond donors (Lipinski definition) is 2. The number of piperidine rings is 2. The van der Waals surface area contributed by atoms with Crippen LogP contribution in [0, 0.1) is 11.3 Å². The van der Waals surface area contributed by atoms with Gasteiger partial charge in [0, 0.05) is 86.3 Å². The Hall–Kier alpha value is -4.76. The molecule has 0 aromatic heterocycles. The van der Waals surface area contributed by atoms with Crippen molar-refractivity contribution in [2.75, 3.05) is 55.6 Å². The van der Waals surface area contributed by atoms with Gasteiger partial charge >= 0.3 is 0 Å². The molecule has 4 aromatic carbocycles. The van der Waals surface area contributed by atoms with Crippen molar-refractivity contribution < 1.29 is 23.5 Å². The van der Waals surface area contributed by atoms with Gasteiger partial charge in [0.1, 0.15) is 5.75 Å². The van der Waals surface area contributed by atoms with Gasteiger partial charge in [0.25, 0.3) is 5.92 Å². The summed E-state index contributed by atoms with van der Waals surface area (Å²) in [6, 6.07) is 31.2. The summed E-state index contributed by atoms with van der Waals surface area (Å²) in [5, 5.41) is 12.6. The molecular weight excluding hydrogens is 695 g/mol. The van der Waals surface area contributed by atoms with E-state index in [0.29, 0.717) is 29.7 Å². The molecule has 0 radical (unpaired) electrons. The van der Waals surface area contributed by atoms with Gasteiger partial charge in [-0.25, -0.2) is 8.78 Å². The maximum absolute atomic E-state index is 15.6. The molecule has 4 fully saturated rings. The number of benzene rings is 4. The molecule has 5 aliphatic rings. The van der Waals surface area contributed by atoms with Crippen LogP contribution in [-0.2, 0) is 15.5 Å². The fourth-order valence-corrected chi connectivity index (χ4v) is 10.5. The molecule has 4 aliphatic heterocycles. The summed E-state index contributed by atoms with van der Waals surface area (Å²) < 4.78 is 31.1. The van der Waals surface area contributed by atoms with Gasteiger partial charge in [-0.05, 0) is 103 Å². The highest BCUT2D eigenvalue weighted by atomic mass is 19.3. The van der Waals surface area contributed by atoms with Crippen LogP contribution in [0.5, 0.6) is 5.75 Å². The highest BCUT2D eigenvalue weighted by Crippen LogP contribution is 2.55. The Bertz CT molecular complexity index is 2030. The number of halogens is 2. The van der Waals surface area contributed by atoms with E-state index in [2.05, 4.69) is 68.5 Å². The first-order valence-corrected chi connectivity index (χ1v) is 20.2. The number of likely N-dealkylation sites (tertiary alicyclic amines) is 1. The predicted molar refractivity (Wildman–Crippen MR) is 211 cm³/mol. The topological polar surface area (TPSA) is 76.1 Å². The lowest BCUT2D eigenvalue weighted by atomic mass is 9.68. The van der Waals surface area contributed by atoms with E-state index in [9.17, 15) is 14.7 Å². The Morgan fingerprint density at radius 2 is 1.42 bits per heavy atom. The number of carbonyl (C=O) groups excluding carboxylic acids is 2. The van der Waals surface area contributed by atoms with Crippen molar-refractivity contribution in [2.45, 2.75) is 68.6 Å². The fourth-order valence-electron chi connectivity index (χ4n) is 10.5. The first kappa shape index (κ1) is 35.9. The third-order valence-electron chi connectivity index (χ3n) is 13.5. The Balaban J connectivity index is 0.800. The Kier molecular flexibility index (Phi) is 9.39. The molecular formula is C46H50F2N4O3. The average Bonchev–Trinajstić information content (AvgIpc) is 3.80. The predicted octanol–water partition coefficient (Wildman–Crippen LogP) is 8.14. The largest absolute Gasteiger partial charge is 0.508 e. The maximum atomic E-state index is 15.6. The number of fused-ring (bicyclic) bond motifs is 1. The fraction of sp³-hybridized carbons (Fsp3) is 0.435. The van der Waals surface area contributed by atoms with Gasteiger partial charge in [0.15, 0.2) is 0 Å². The van der Waals surface area contributed by atoms with E-state index < -0.39 is 5.92 Å². The molecule has 0 bridgehead atoms. The first-order valence-electron chi connectivity index (χ1n) is 20.2. The number of imide groups is 1. The minimum absolute atomic E-state index is 0.0664. The molecule has 286 valence electrons. The van der Waals surface area contributed by atoms with E-state index in [1.165, 1.54) is 36.3 Å². The number of phenolic OH excluding ortho intramolecular Hbond substituents is 1. The van der Waals surface area contributed by atoms with Crippen LogP contribution < -0.4 is 15.1 Å². The molecule has 1 unspecified atom stereocenters. The molecule has 4 aromatic rings. The molecule has 4 heterocycles. The number of carbonyl (C=O) groups is 2. The van der Waals surface area contributed by atoms with Crippen LogP contribution in [0.3, 0.4) is 0 Å². The number of rotatable bonds is 7. The van der Waals surface area contributed by atoms with Gasteiger partial charge in [0.2, 0.25) is 11.8 Å². The number of alkyl halides is 2. The molecule has 4 atom stereocenters. The number of amides is 2. The first-order chi connectivity index (χ1) is 26.6. The molecule has 0 saturated carbocycles. The summed E-state index contributed by atoms with van der Waals surface area (Å²) in [5.74, 6) is -3.72. The molecule has 2 amide bonds. The smallest absolute Gasteiger partial charge is 0.274 e. The maximum Gasteiger partial charge on any atom is 0.274 e. The number of nitrogens with one attached hydrogen (secondary N) is 1. The van der Waals surface area contributed by atoms with Gasteiger partial charge in [0.05, 0.1) is 5.92 Å². The van der Waals surface area contributed by atoms with Crippen molar-refractivity contribution in [1.82, 2.24) is 10.2 Å². The zero-order valence-corrected chi connectivity index (χ0v) is 31.3. The van der Waals surface area contributed by atoms with Gasteiger partial charge in [-0.15, -0.1) is 0 Å². The monoisotopic (exact) mass is 744 g/mol. The molecule has 7 nitrogen and oxygen atoms in total. The quantitative estimate of drug-likeness (QED) is 0.186. The van der Waals surface area contributed by atoms with Crippen LogP contribution >= 0.6 is 0 Å². The van der Waals surface area contributed by atoms with Crippen molar-refractivity contribution in [3.05, 3.63) is 125 Å². The standard InChI is InChI=1S/C46H50F2N4O3/c47-46(48)27-40(32-4-2-1-3-5-32)43(39-15-14-37(53)26-41(39)46)34-8-12-35(13-9-34)51-22-18-31(19-23-51)28-50-24-20-45(29-50)21-25-52(30-45)36-10-6-33(7-11-36)38-16-17-42(54)49-44(38)55/h1-15,26,31,38,40,43,53H,16-25,27-30H2,(H,49,54,55)/t38?,40-,43-,45+/m1/s1. The molecule has 55 heavy (non-hydrogen) atoms. The summed E-state index contributed by atoms with van der Waals surface area (Å²) in [4.78, 5) is 31.6. The molecule has 1 aliphatic carbocycles. The zero-order valence-electron chi connectivity index (χ0n) is 31.3. The summed E-state index contributed by atoms with van der Waals surface area (Å²) in [5.41, 5.74) is 6.17. The van der Waals surface area contributed by atoms with Gasteiger partial charge in [-0.1, -0.05) is 60.7 Å². The molecule has 4 saturated heterocycles. The van der Waals surface area contributed by atoms with Crippen molar-refractivity contribution >= 4 is 23.2 Å². The molecule has 2 N–H and O–H groups in total. The van der Waals surface area contributed by atoms with Gasteiger partial charge < -0.3 is 19.8 Å². The van der Waals surface area contributed by atoms with Gasteiger partial charge in [-0.2, -0.15) is 0 Å². The third kappa shape index (κ3) is 7.12. The van der Waals surface area contributed by atoms with Crippen LogP contribution in [-0.4, -0.2) is 67.6 Å². The second kappa shape index (κ2) is 14.4. The number of anilines is 2. The van der Waals surface area contributed by atoms with Crippen molar-refractivity contribution in [2.24, 2.45) is 11.3 Å². The van der Waals surface area contributed by atoms with E-state index >= 15 is 8.78 Å². The minimum atomic E-state index is -3.03. The zero-order chi connectivity index (χ0) is 37.7. The van der Waals surface area contributed by atoms with Crippen LogP contribution in [0.2, 0.25) is 0 Å². The van der Waals surface area contributed by atoms with E-state index in [-0.39, 0.29) is 47.3 Å². The second-order valence-corrected chi connectivity index (χ2v) is 16.9. The molecule has 1 spiro atoms. The van der Waals surface area contributed by atoms with Crippen LogP contribution in [0.1, 0.15) is 90.5 Å². The lowest BCUT2D eigenvalue weighted by molar-refractivity contribution is -0.134.